The van der Waals surface area contributed by atoms with E-state index in [9.17, 15) is 18.0 Å². The van der Waals surface area contributed by atoms with Crippen molar-refractivity contribution in [1.29, 1.82) is 0 Å². The van der Waals surface area contributed by atoms with Crippen molar-refractivity contribution in [1.82, 2.24) is 14.5 Å². The molecule has 9 nitrogen and oxygen atoms in total. The summed E-state index contributed by atoms with van der Waals surface area (Å²) in [5, 5.41) is 2.96. The molecule has 0 aliphatic rings. The first kappa shape index (κ1) is 29.1. The van der Waals surface area contributed by atoms with Gasteiger partial charge in [-0.1, -0.05) is 44.2 Å². The number of hydrogen-bond donors (Lipinski definition) is 1. The largest absolute Gasteiger partial charge is 0.497 e. The van der Waals surface area contributed by atoms with Gasteiger partial charge in [-0.15, -0.1) is 0 Å². The molecular formula is C26H38N4O5S. The Kier molecular flexibility index (Phi) is 10.7. The molecule has 2 atom stereocenters. The molecule has 1 N–H and O–H groups in total. The number of rotatable bonds is 13. The van der Waals surface area contributed by atoms with Crippen molar-refractivity contribution in [2.75, 3.05) is 32.1 Å². The van der Waals surface area contributed by atoms with Gasteiger partial charge in [-0.05, 0) is 49.6 Å². The van der Waals surface area contributed by atoms with Gasteiger partial charge in [-0.3, -0.25) is 9.59 Å². The molecular weight excluding hydrogens is 480 g/mol. The fraction of sp³-hybridized carbons (Fsp3) is 0.462. The second-order valence-corrected chi connectivity index (χ2v) is 10.8. The van der Waals surface area contributed by atoms with Crippen LogP contribution in [0.5, 0.6) is 5.75 Å². The van der Waals surface area contributed by atoms with Crippen molar-refractivity contribution in [2.45, 2.75) is 52.2 Å². The summed E-state index contributed by atoms with van der Waals surface area (Å²) in [5.74, 6) is -0.0767. The van der Waals surface area contributed by atoms with E-state index in [0.29, 0.717) is 17.9 Å². The van der Waals surface area contributed by atoms with Crippen LogP contribution in [0.3, 0.4) is 0 Å². The molecule has 10 heteroatoms. The predicted octanol–water partition coefficient (Wildman–Crippen LogP) is 3.03. The van der Waals surface area contributed by atoms with Gasteiger partial charge in [-0.2, -0.15) is 12.7 Å². The van der Waals surface area contributed by atoms with Crippen LogP contribution < -0.4 is 14.4 Å². The van der Waals surface area contributed by atoms with Crippen LogP contribution in [0.2, 0.25) is 0 Å². The number of carbonyl (C=O) groups excluding carboxylic acids is 2. The Morgan fingerprint density at radius 2 is 1.58 bits per heavy atom. The molecule has 198 valence electrons. The fourth-order valence-corrected chi connectivity index (χ4v) is 4.66. The van der Waals surface area contributed by atoms with Crippen LogP contribution in [0.4, 0.5) is 5.69 Å². The SMILES string of the molecule is CC[C@@H](C)NC(=O)[C@@H](CC)N(Cc1ccc(OC)cc1)C(=O)CN(c1ccccc1)S(=O)(=O)N(C)C. The molecule has 2 aromatic carbocycles. The molecule has 0 aliphatic heterocycles. The number of anilines is 1. The highest BCUT2D eigenvalue weighted by Gasteiger charge is 2.34. The number of carbonyl (C=O) groups is 2. The summed E-state index contributed by atoms with van der Waals surface area (Å²) >= 11 is 0. The van der Waals surface area contributed by atoms with Crippen molar-refractivity contribution in [3.63, 3.8) is 0 Å². The van der Waals surface area contributed by atoms with Crippen LogP contribution in [0.25, 0.3) is 0 Å². The Balaban J connectivity index is 2.47. The topological polar surface area (TPSA) is 99.3 Å². The lowest BCUT2D eigenvalue weighted by molar-refractivity contribution is -0.140. The molecule has 0 unspecified atom stereocenters. The summed E-state index contributed by atoms with van der Waals surface area (Å²) in [6.07, 6.45) is 1.12. The smallest absolute Gasteiger partial charge is 0.304 e. The van der Waals surface area contributed by atoms with E-state index in [2.05, 4.69) is 5.32 Å². The highest BCUT2D eigenvalue weighted by atomic mass is 32.2. The Morgan fingerprint density at radius 3 is 2.08 bits per heavy atom. The lowest BCUT2D eigenvalue weighted by atomic mass is 10.1. The fourth-order valence-electron chi connectivity index (χ4n) is 3.60. The van der Waals surface area contributed by atoms with Crippen molar-refractivity contribution < 1.29 is 22.7 Å². The first-order chi connectivity index (χ1) is 17.0. The Bertz CT molecular complexity index is 1090. The summed E-state index contributed by atoms with van der Waals surface area (Å²) in [5.41, 5.74) is 1.15. The van der Waals surface area contributed by atoms with Gasteiger partial charge in [0.1, 0.15) is 18.3 Å². The second kappa shape index (κ2) is 13.3. The zero-order valence-electron chi connectivity index (χ0n) is 22.0. The molecule has 2 rings (SSSR count). The average Bonchev–Trinajstić information content (AvgIpc) is 2.87. The van der Waals surface area contributed by atoms with Gasteiger partial charge < -0.3 is 15.0 Å². The van der Waals surface area contributed by atoms with Crippen molar-refractivity contribution >= 4 is 27.7 Å². The number of nitrogens with zero attached hydrogens (tertiary/aromatic N) is 3. The monoisotopic (exact) mass is 518 g/mol. The standard InChI is InChI=1S/C26H38N4O5S/c1-7-20(3)27-26(32)24(8-2)29(18-21-14-16-23(35-6)17-15-21)25(31)19-30(36(33,34)28(4)5)22-12-10-9-11-13-22/h9-17,20,24H,7-8,18-19H2,1-6H3,(H,27,32)/t20-,24-/m1/s1. The molecule has 0 aliphatic carbocycles. The van der Waals surface area contributed by atoms with Crippen LogP contribution in [0.15, 0.2) is 54.6 Å². The van der Waals surface area contributed by atoms with E-state index in [1.54, 1.807) is 49.6 Å². The lowest BCUT2D eigenvalue weighted by Crippen LogP contribution is -2.54. The zero-order valence-corrected chi connectivity index (χ0v) is 22.8. The lowest BCUT2D eigenvalue weighted by Gasteiger charge is -2.34. The van der Waals surface area contributed by atoms with Crippen LogP contribution in [0, 0.1) is 0 Å². The summed E-state index contributed by atoms with van der Waals surface area (Å²) in [6.45, 7) is 5.39. The van der Waals surface area contributed by atoms with E-state index in [1.807, 2.05) is 32.9 Å². The van der Waals surface area contributed by atoms with Gasteiger partial charge >= 0.3 is 10.2 Å². The van der Waals surface area contributed by atoms with Gasteiger partial charge in [0, 0.05) is 26.7 Å². The molecule has 0 fully saturated rings. The number of nitrogens with one attached hydrogen (secondary N) is 1. The Morgan fingerprint density at radius 1 is 0.972 bits per heavy atom. The number of benzene rings is 2. The van der Waals surface area contributed by atoms with E-state index in [1.165, 1.54) is 19.0 Å². The Labute approximate surface area is 215 Å². The van der Waals surface area contributed by atoms with Gasteiger partial charge in [0.15, 0.2) is 0 Å². The number of methoxy groups -OCH3 is 1. The maximum absolute atomic E-state index is 13.8. The highest BCUT2D eigenvalue weighted by molar-refractivity contribution is 7.90. The first-order valence-electron chi connectivity index (χ1n) is 12.0. The number of para-hydroxylation sites is 1. The van der Waals surface area contributed by atoms with Crippen LogP contribution in [-0.2, 0) is 26.3 Å². The first-order valence-corrected chi connectivity index (χ1v) is 13.4. The van der Waals surface area contributed by atoms with Gasteiger partial charge in [-0.25, -0.2) is 4.31 Å². The number of ether oxygens (including phenoxy) is 1. The number of amides is 2. The van der Waals surface area contributed by atoms with Crippen LogP contribution in [-0.4, -0.2) is 69.3 Å². The highest BCUT2D eigenvalue weighted by Crippen LogP contribution is 2.21. The summed E-state index contributed by atoms with van der Waals surface area (Å²) in [4.78, 5) is 28.4. The van der Waals surface area contributed by atoms with E-state index in [-0.39, 0.29) is 18.5 Å². The van der Waals surface area contributed by atoms with Crippen LogP contribution >= 0.6 is 0 Å². The van der Waals surface area contributed by atoms with E-state index in [0.717, 1.165) is 20.6 Å². The average molecular weight is 519 g/mol. The predicted molar refractivity (Wildman–Crippen MR) is 142 cm³/mol. The maximum atomic E-state index is 13.8. The molecule has 0 aromatic heterocycles. The van der Waals surface area contributed by atoms with Crippen molar-refractivity contribution in [3.05, 3.63) is 60.2 Å². The molecule has 0 bridgehead atoms. The van der Waals surface area contributed by atoms with E-state index < -0.39 is 28.7 Å². The van der Waals surface area contributed by atoms with E-state index in [4.69, 9.17) is 4.74 Å². The third kappa shape index (κ3) is 7.44. The van der Waals surface area contributed by atoms with E-state index >= 15 is 0 Å². The quantitative estimate of drug-likeness (QED) is 0.440. The molecule has 2 amide bonds. The minimum Gasteiger partial charge on any atom is -0.497 e. The van der Waals surface area contributed by atoms with Gasteiger partial charge in [0.05, 0.1) is 12.8 Å². The third-order valence-corrected chi connectivity index (χ3v) is 7.78. The normalized spacial score (nSPS) is 13.1. The van der Waals surface area contributed by atoms with Crippen LogP contribution in [0.1, 0.15) is 39.2 Å². The zero-order chi connectivity index (χ0) is 26.9. The minimum atomic E-state index is -3.98. The molecule has 0 spiro atoms. The molecule has 36 heavy (non-hydrogen) atoms. The second-order valence-electron chi connectivity index (χ2n) is 8.74. The third-order valence-electron chi connectivity index (χ3n) is 5.96. The van der Waals surface area contributed by atoms with Gasteiger partial charge in [0.25, 0.3) is 0 Å². The minimum absolute atomic E-state index is 0.0561. The molecule has 0 saturated carbocycles. The molecule has 2 aromatic rings. The van der Waals surface area contributed by atoms with Crippen molar-refractivity contribution in [3.8, 4) is 5.75 Å². The Hall–Kier alpha value is -3.11. The molecule has 0 saturated heterocycles. The number of hydrogen-bond acceptors (Lipinski definition) is 5. The molecule has 0 heterocycles. The summed E-state index contributed by atoms with van der Waals surface area (Å²) < 4.78 is 33.7. The maximum Gasteiger partial charge on any atom is 0.304 e. The summed E-state index contributed by atoms with van der Waals surface area (Å²) in [6, 6.07) is 14.8. The summed E-state index contributed by atoms with van der Waals surface area (Å²) in [7, 11) is 0.426. The molecule has 0 radical (unpaired) electrons. The van der Waals surface area contributed by atoms with Crippen molar-refractivity contribution in [2.24, 2.45) is 0 Å². The van der Waals surface area contributed by atoms with Gasteiger partial charge in [0.2, 0.25) is 11.8 Å².